The van der Waals surface area contributed by atoms with Gasteiger partial charge in [0.25, 0.3) is 0 Å². The fraction of sp³-hybridized carbons (Fsp3) is 1.00. The van der Waals surface area contributed by atoms with Crippen molar-refractivity contribution in [2.24, 2.45) is 0 Å². The Bertz CT molecular complexity index is 137. The van der Waals surface area contributed by atoms with Crippen LogP contribution in [0, 0.1) is 0 Å². The van der Waals surface area contributed by atoms with Crippen LogP contribution in [-0.4, -0.2) is 19.5 Å². The highest BCUT2D eigenvalue weighted by atomic mass is 16.7. The van der Waals surface area contributed by atoms with Gasteiger partial charge >= 0.3 is 0 Å². The van der Waals surface area contributed by atoms with Crippen LogP contribution in [0.2, 0.25) is 0 Å². The van der Waals surface area contributed by atoms with Crippen LogP contribution in [0.1, 0.15) is 78.6 Å². The van der Waals surface area contributed by atoms with Crippen LogP contribution in [0.15, 0.2) is 0 Å². The fourth-order valence-electron chi connectivity index (χ4n) is 1.78. The van der Waals surface area contributed by atoms with Gasteiger partial charge in [-0.05, 0) is 19.8 Å². The van der Waals surface area contributed by atoms with Crippen molar-refractivity contribution >= 4 is 0 Å². The topological polar surface area (TPSA) is 18.5 Å². The molecule has 2 nitrogen and oxygen atoms in total. The molecule has 17 heavy (non-hydrogen) atoms. The summed E-state index contributed by atoms with van der Waals surface area (Å²) in [5.74, 6) is 0. The van der Waals surface area contributed by atoms with Crippen molar-refractivity contribution in [2.75, 3.05) is 13.2 Å². The molecule has 104 valence electrons. The van der Waals surface area contributed by atoms with E-state index in [1.165, 1.54) is 51.4 Å². The molecule has 0 aliphatic rings. The summed E-state index contributed by atoms with van der Waals surface area (Å²) in [5, 5.41) is 0. The zero-order valence-electron chi connectivity index (χ0n) is 12.2. The monoisotopic (exact) mass is 244 g/mol. The lowest BCUT2D eigenvalue weighted by molar-refractivity contribution is -0.131. The maximum atomic E-state index is 5.61. The van der Waals surface area contributed by atoms with Gasteiger partial charge in [-0.15, -0.1) is 0 Å². The van der Waals surface area contributed by atoms with Crippen LogP contribution in [-0.2, 0) is 9.47 Å². The Morgan fingerprint density at radius 3 is 1.53 bits per heavy atom. The Labute approximate surface area is 108 Å². The summed E-state index contributed by atoms with van der Waals surface area (Å²) in [6.45, 7) is 8.17. The molecule has 0 aromatic rings. The fourth-order valence-corrected chi connectivity index (χ4v) is 1.78. The van der Waals surface area contributed by atoms with Gasteiger partial charge in [-0.3, -0.25) is 0 Å². The average molecular weight is 244 g/mol. The Morgan fingerprint density at radius 1 is 0.647 bits per heavy atom. The molecule has 0 amide bonds. The van der Waals surface area contributed by atoms with Gasteiger partial charge in [0.2, 0.25) is 0 Å². The molecule has 1 unspecified atom stereocenters. The normalized spacial score (nSPS) is 12.9. The molecule has 0 rings (SSSR count). The maximum absolute atomic E-state index is 5.61. The zero-order valence-corrected chi connectivity index (χ0v) is 12.2. The third-order valence-corrected chi connectivity index (χ3v) is 2.95. The van der Waals surface area contributed by atoms with Crippen molar-refractivity contribution in [3.05, 3.63) is 0 Å². The largest absolute Gasteiger partial charge is 0.353 e. The van der Waals surface area contributed by atoms with Crippen LogP contribution in [0.5, 0.6) is 0 Å². The van der Waals surface area contributed by atoms with E-state index in [1.54, 1.807) is 0 Å². The first-order valence-corrected chi connectivity index (χ1v) is 7.54. The first-order chi connectivity index (χ1) is 8.31. The van der Waals surface area contributed by atoms with E-state index in [1.807, 2.05) is 6.92 Å². The van der Waals surface area contributed by atoms with Crippen LogP contribution in [0.4, 0.5) is 0 Å². The number of ether oxygens (including phenoxy) is 2. The molecule has 0 radical (unpaired) electrons. The molecule has 0 saturated heterocycles. The van der Waals surface area contributed by atoms with Gasteiger partial charge in [-0.1, -0.05) is 58.8 Å². The highest BCUT2D eigenvalue weighted by molar-refractivity contribution is 4.43. The molecule has 0 bridgehead atoms. The quantitative estimate of drug-likeness (QED) is 0.338. The molecule has 0 saturated carbocycles. The second-order valence-electron chi connectivity index (χ2n) is 4.78. The summed E-state index contributed by atoms with van der Waals surface area (Å²) in [6, 6.07) is 0. The lowest BCUT2D eigenvalue weighted by Gasteiger charge is -2.13. The van der Waals surface area contributed by atoms with Crippen LogP contribution >= 0.6 is 0 Å². The summed E-state index contributed by atoms with van der Waals surface area (Å²) < 4.78 is 11.2. The van der Waals surface area contributed by atoms with E-state index >= 15 is 0 Å². The zero-order chi connectivity index (χ0) is 12.8. The minimum atomic E-state index is -0.0252. The van der Waals surface area contributed by atoms with Gasteiger partial charge in [0.1, 0.15) is 0 Å². The minimum absolute atomic E-state index is 0.0252. The molecule has 1 atom stereocenters. The third-order valence-electron chi connectivity index (χ3n) is 2.95. The summed E-state index contributed by atoms with van der Waals surface area (Å²) in [6.07, 6.45) is 11.5. The number of rotatable bonds is 13. The smallest absolute Gasteiger partial charge is 0.154 e. The lowest BCUT2D eigenvalue weighted by Crippen LogP contribution is -2.14. The molecular formula is C15H32O2. The van der Waals surface area contributed by atoms with Gasteiger partial charge in [0, 0.05) is 13.2 Å². The van der Waals surface area contributed by atoms with Crippen LogP contribution < -0.4 is 0 Å². The first kappa shape index (κ1) is 16.9. The molecule has 0 aromatic heterocycles. The molecule has 0 fully saturated rings. The molecule has 0 aliphatic carbocycles. The first-order valence-electron chi connectivity index (χ1n) is 7.54. The van der Waals surface area contributed by atoms with Crippen LogP contribution in [0.25, 0.3) is 0 Å². The second kappa shape index (κ2) is 14.0. The number of hydrogen-bond acceptors (Lipinski definition) is 2. The number of unbranched alkanes of at least 4 members (excludes halogenated alkanes) is 7. The van der Waals surface area contributed by atoms with Crippen molar-refractivity contribution < 1.29 is 9.47 Å². The van der Waals surface area contributed by atoms with Gasteiger partial charge < -0.3 is 9.47 Å². The Morgan fingerprint density at radius 2 is 1.06 bits per heavy atom. The van der Waals surface area contributed by atoms with Crippen molar-refractivity contribution in [2.45, 2.75) is 84.8 Å². The minimum Gasteiger partial charge on any atom is -0.353 e. The SMILES string of the molecule is CCCCCCCOC(C)OCCCCCC. The van der Waals surface area contributed by atoms with E-state index < -0.39 is 0 Å². The molecule has 0 spiro atoms. The van der Waals surface area contributed by atoms with E-state index in [0.717, 1.165) is 19.6 Å². The highest BCUT2D eigenvalue weighted by Gasteiger charge is 2.01. The summed E-state index contributed by atoms with van der Waals surface area (Å²) in [7, 11) is 0. The summed E-state index contributed by atoms with van der Waals surface area (Å²) in [5.41, 5.74) is 0. The molecule has 0 aromatic carbocycles. The van der Waals surface area contributed by atoms with Gasteiger partial charge in [0.05, 0.1) is 0 Å². The van der Waals surface area contributed by atoms with Crippen LogP contribution in [0.3, 0.4) is 0 Å². The third kappa shape index (κ3) is 13.9. The number of hydrogen-bond donors (Lipinski definition) is 0. The van der Waals surface area contributed by atoms with E-state index in [0.29, 0.717) is 0 Å². The van der Waals surface area contributed by atoms with Crippen molar-refractivity contribution in [1.82, 2.24) is 0 Å². The second-order valence-corrected chi connectivity index (χ2v) is 4.78. The van der Waals surface area contributed by atoms with Gasteiger partial charge in [-0.2, -0.15) is 0 Å². The molecule has 0 aliphatic heterocycles. The van der Waals surface area contributed by atoms with E-state index in [2.05, 4.69) is 13.8 Å². The Hall–Kier alpha value is -0.0800. The predicted octanol–water partition coefficient (Wildman–Crippen LogP) is 4.92. The molecule has 2 heteroatoms. The average Bonchev–Trinajstić information content (AvgIpc) is 2.33. The highest BCUT2D eigenvalue weighted by Crippen LogP contribution is 2.05. The Kier molecular flexibility index (Phi) is 13.9. The van der Waals surface area contributed by atoms with Crippen molar-refractivity contribution in [3.8, 4) is 0 Å². The van der Waals surface area contributed by atoms with Crippen molar-refractivity contribution in [3.63, 3.8) is 0 Å². The predicted molar refractivity (Wildman–Crippen MR) is 74.3 cm³/mol. The molecule has 0 heterocycles. The standard InChI is InChI=1S/C15H32O2/c1-4-6-8-10-12-14-17-15(3)16-13-11-9-7-5-2/h15H,4-14H2,1-3H3. The molecular weight excluding hydrogens is 212 g/mol. The Balaban J connectivity index is 3.09. The maximum Gasteiger partial charge on any atom is 0.154 e. The van der Waals surface area contributed by atoms with Gasteiger partial charge in [-0.25, -0.2) is 0 Å². The van der Waals surface area contributed by atoms with E-state index in [4.69, 9.17) is 9.47 Å². The summed E-state index contributed by atoms with van der Waals surface area (Å²) >= 11 is 0. The van der Waals surface area contributed by atoms with E-state index in [9.17, 15) is 0 Å². The van der Waals surface area contributed by atoms with Gasteiger partial charge in [0.15, 0.2) is 6.29 Å². The summed E-state index contributed by atoms with van der Waals surface area (Å²) in [4.78, 5) is 0. The van der Waals surface area contributed by atoms with E-state index in [-0.39, 0.29) is 6.29 Å². The molecule has 0 N–H and O–H groups in total. The van der Waals surface area contributed by atoms with Crippen molar-refractivity contribution in [1.29, 1.82) is 0 Å². The lowest BCUT2D eigenvalue weighted by atomic mass is 10.2.